The number of halogens is 1. The van der Waals surface area contributed by atoms with Crippen LogP contribution in [0.25, 0.3) is 0 Å². The predicted octanol–water partition coefficient (Wildman–Crippen LogP) is 3.43. The molecule has 0 aliphatic carbocycles. The molecule has 0 unspecified atom stereocenters. The van der Waals surface area contributed by atoms with Crippen molar-refractivity contribution in [2.75, 3.05) is 12.4 Å². The molecule has 2 rings (SSSR count). The molecule has 0 radical (unpaired) electrons. The van der Waals surface area contributed by atoms with Crippen LogP contribution in [0.3, 0.4) is 0 Å². The summed E-state index contributed by atoms with van der Waals surface area (Å²) in [5.41, 5.74) is 2.28. The van der Waals surface area contributed by atoms with Gasteiger partial charge in [0.2, 0.25) is 0 Å². The van der Waals surface area contributed by atoms with E-state index in [1.165, 1.54) is 5.56 Å². The van der Waals surface area contributed by atoms with Crippen molar-refractivity contribution < 1.29 is 0 Å². The fraction of sp³-hybridized carbons (Fsp3) is 0.286. The Morgan fingerprint density at radius 2 is 2.06 bits per heavy atom. The zero-order chi connectivity index (χ0) is 13.0. The number of hydrogen-bond donors (Lipinski definition) is 1. The summed E-state index contributed by atoms with van der Waals surface area (Å²) in [7, 11) is 1.88. The van der Waals surface area contributed by atoms with Gasteiger partial charge in [-0.1, -0.05) is 35.0 Å². The Hall–Kier alpha value is -1.42. The van der Waals surface area contributed by atoms with Gasteiger partial charge in [-0.15, -0.1) is 0 Å². The zero-order valence-electron chi connectivity index (χ0n) is 10.6. The van der Waals surface area contributed by atoms with Gasteiger partial charge in [-0.3, -0.25) is 0 Å². The van der Waals surface area contributed by atoms with Crippen LogP contribution in [0.15, 0.2) is 34.8 Å². The lowest BCUT2D eigenvalue weighted by Crippen LogP contribution is -2.04. The third kappa shape index (κ3) is 3.29. The Balaban J connectivity index is 2.28. The van der Waals surface area contributed by atoms with Gasteiger partial charge in [0.05, 0.1) is 0 Å². The average Bonchev–Trinajstić information content (AvgIpc) is 2.38. The first-order valence-corrected chi connectivity index (χ1v) is 6.79. The van der Waals surface area contributed by atoms with Crippen LogP contribution in [0.4, 0.5) is 5.82 Å². The van der Waals surface area contributed by atoms with Gasteiger partial charge in [0.15, 0.2) is 0 Å². The van der Waals surface area contributed by atoms with E-state index in [4.69, 9.17) is 0 Å². The van der Waals surface area contributed by atoms with Crippen LogP contribution in [-0.2, 0) is 12.8 Å². The Bertz CT molecular complexity index is 518. The van der Waals surface area contributed by atoms with E-state index in [0.29, 0.717) is 0 Å². The first kappa shape index (κ1) is 13.0. The Kier molecular flexibility index (Phi) is 4.31. The van der Waals surface area contributed by atoms with Gasteiger partial charge in [0.25, 0.3) is 0 Å². The second-order valence-electron chi connectivity index (χ2n) is 4.07. The second-order valence-corrected chi connectivity index (χ2v) is 4.99. The van der Waals surface area contributed by atoms with E-state index in [0.717, 1.165) is 34.7 Å². The summed E-state index contributed by atoms with van der Waals surface area (Å²) in [5, 5.41) is 3.08. The van der Waals surface area contributed by atoms with Crippen LogP contribution >= 0.6 is 15.9 Å². The van der Waals surface area contributed by atoms with Gasteiger partial charge in [-0.05, 0) is 24.1 Å². The predicted molar refractivity (Wildman–Crippen MR) is 77.9 cm³/mol. The molecule has 0 amide bonds. The largest absolute Gasteiger partial charge is 0.373 e. The molecular weight excluding hydrogens is 290 g/mol. The van der Waals surface area contributed by atoms with Crippen molar-refractivity contribution in [1.82, 2.24) is 9.97 Å². The quantitative estimate of drug-likeness (QED) is 0.940. The summed E-state index contributed by atoms with van der Waals surface area (Å²) < 4.78 is 1.08. The van der Waals surface area contributed by atoms with E-state index < -0.39 is 0 Å². The Labute approximate surface area is 116 Å². The van der Waals surface area contributed by atoms with Gasteiger partial charge < -0.3 is 5.32 Å². The van der Waals surface area contributed by atoms with Crippen LogP contribution in [0.2, 0.25) is 0 Å². The van der Waals surface area contributed by atoms with Gasteiger partial charge in [0.1, 0.15) is 11.6 Å². The van der Waals surface area contributed by atoms with E-state index >= 15 is 0 Å². The number of benzene rings is 1. The van der Waals surface area contributed by atoms with Gasteiger partial charge >= 0.3 is 0 Å². The second kappa shape index (κ2) is 5.96. The first-order chi connectivity index (χ1) is 8.71. The molecule has 3 nitrogen and oxygen atoms in total. The average molecular weight is 306 g/mol. The van der Waals surface area contributed by atoms with Crippen molar-refractivity contribution in [2.45, 2.75) is 19.8 Å². The molecular formula is C14H16BrN3. The van der Waals surface area contributed by atoms with E-state index in [1.54, 1.807) is 0 Å². The van der Waals surface area contributed by atoms with Crippen molar-refractivity contribution in [3.63, 3.8) is 0 Å². The number of hydrogen-bond acceptors (Lipinski definition) is 3. The van der Waals surface area contributed by atoms with Crippen molar-refractivity contribution >= 4 is 21.7 Å². The minimum absolute atomic E-state index is 0.752. The highest BCUT2D eigenvalue weighted by molar-refractivity contribution is 9.10. The van der Waals surface area contributed by atoms with Crippen LogP contribution in [0.1, 0.15) is 24.0 Å². The number of aromatic nitrogens is 2. The lowest BCUT2D eigenvalue weighted by Gasteiger charge is -2.07. The van der Waals surface area contributed by atoms with Gasteiger partial charge in [-0.2, -0.15) is 0 Å². The molecule has 94 valence electrons. The van der Waals surface area contributed by atoms with Gasteiger partial charge in [0, 0.05) is 29.7 Å². The highest BCUT2D eigenvalue weighted by Crippen LogP contribution is 2.15. The maximum absolute atomic E-state index is 4.56. The van der Waals surface area contributed by atoms with Crippen LogP contribution < -0.4 is 5.32 Å². The molecule has 0 spiro atoms. The number of nitrogens with zero attached hydrogens (tertiary/aromatic N) is 2. The molecule has 0 atom stereocenters. The maximum Gasteiger partial charge on any atom is 0.135 e. The fourth-order valence-electron chi connectivity index (χ4n) is 1.77. The molecule has 1 aromatic carbocycles. The van der Waals surface area contributed by atoms with E-state index in [-0.39, 0.29) is 0 Å². The number of aryl methyl sites for hydroxylation is 1. The molecule has 4 heteroatoms. The molecule has 18 heavy (non-hydrogen) atoms. The molecule has 0 fully saturated rings. The maximum atomic E-state index is 4.56. The monoisotopic (exact) mass is 305 g/mol. The first-order valence-electron chi connectivity index (χ1n) is 6.00. The topological polar surface area (TPSA) is 37.8 Å². The summed E-state index contributed by atoms with van der Waals surface area (Å²) in [6.45, 7) is 2.10. The van der Waals surface area contributed by atoms with Crippen molar-refractivity contribution in [3.05, 3.63) is 51.9 Å². The van der Waals surface area contributed by atoms with E-state index in [2.05, 4.69) is 50.3 Å². The highest BCUT2D eigenvalue weighted by atomic mass is 79.9. The molecule has 2 aromatic rings. The minimum atomic E-state index is 0.752. The summed E-state index contributed by atoms with van der Waals surface area (Å²) in [5.74, 6) is 1.74. The fourth-order valence-corrected chi connectivity index (χ4v) is 2.22. The smallest absolute Gasteiger partial charge is 0.135 e. The van der Waals surface area contributed by atoms with Crippen molar-refractivity contribution in [3.8, 4) is 0 Å². The molecule has 1 aromatic heterocycles. The number of rotatable bonds is 4. The van der Waals surface area contributed by atoms with E-state index in [1.807, 2.05) is 25.2 Å². The molecule has 0 aliphatic rings. The molecule has 0 bridgehead atoms. The molecule has 0 saturated carbocycles. The van der Waals surface area contributed by atoms with E-state index in [9.17, 15) is 0 Å². The standard InChI is InChI=1S/C14H16BrN3/c1-3-12-9-13(16-2)18-14(17-12)8-10-5-4-6-11(15)7-10/h4-7,9H,3,8H2,1-2H3,(H,16,17,18). The van der Waals surface area contributed by atoms with Crippen LogP contribution in [0.5, 0.6) is 0 Å². The molecule has 0 aliphatic heterocycles. The SMILES string of the molecule is CCc1cc(NC)nc(Cc2cccc(Br)c2)n1. The van der Waals surface area contributed by atoms with Crippen LogP contribution in [0, 0.1) is 0 Å². The number of nitrogens with one attached hydrogen (secondary N) is 1. The third-order valence-electron chi connectivity index (χ3n) is 2.70. The summed E-state index contributed by atoms with van der Waals surface area (Å²) in [4.78, 5) is 9.05. The third-order valence-corrected chi connectivity index (χ3v) is 3.19. The molecule has 1 heterocycles. The highest BCUT2D eigenvalue weighted by Gasteiger charge is 2.04. The van der Waals surface area contributed by atoms with Crippen molar-refractivity contribution in [1.29, 1.82) is 0 Å². The summed E-state index contributed by atoms with van der Waals surface area (Å²) in [6.07, 6.45) is 1.67. The Morgan fingerprint density at radius 1 is 1.22 bits per heavy atom. The number of anilines is 1. The van der Waals surface area contributed by atoms with Crippen LogP contribution in [-0.4, -0.2) is 17.0 Å². The molecule has 0 saturated heterocycles. The van der Waals surface area contributed by atoms with Crippen molar-refractivity contribution in [2.24, 2.45) is 0 Å². The van der Waals surface area contributed by atoms with Gasteiger partial charge in [-0.25, -0.2) is 9.97 Å². The Morgan fingerprint density at radius 3 is 2.72 bits per heavy atom. The zero-order valence-corrected chi connectivity index (χ0v) is 12.2. The minimum Gasteiger partial charge on any atom is -0.373 e. The summed E-state index contributed by atoms with van der Waals surface area (Å²) >= 11 is 3.48. The lowest BCUT2D eigenvalue weighted by molar-refractivity contribution is 0.907. The lowest BCUT2D eigenvalue weighted by atomic mass is 10.1. The summed E-state index contributed by atoms with van der Waals surface area (Å²) in [6, 6.07) is 10.2. The molecule has 1 N–H and O–H groups in total. The normalized spacial score (nSPS) is 10.4.